The van der Waals surface area contributed by atoms with Gasteiger partial charge in [0.1, 0.15) is 11.0 Å². The lowest BCUT2D eigenvalue weighted by molar-refractivity contribution is -0.130. The summed E-state index contributed by atoms with van der Waals surface area (Å²) in [5.74, 6) is 0.193. The van der Waals surface area contributed by atoms with Crippen molar-refractivity contribution in [1.82, 2.24) is 15.3 Å². The van der Waals surface area contributed by atoms with Crippen LogP contribution in [0.5, 0.6) is 0 Å². The Balaban J connectivity index is 1.98. The second-order valence-electron chi connectivity index (χ2n) is 4.57. The van der Waals surface area contributed by atoms with Crippen LogP contribution in [0.15, 0.2) is 36.4 Å². The number of anilines is 1. The van der Waals surface area contributed by atoms with E-state index in [0.29, 0.717) is 11.6 Å². The van der Waals surface area contributed by atoms with Crippen molar-refractivity contribution in [2.24, 2.45) is 0 Å². The molecule has 0 radical (unpaired) electrons. The summed E-state index contributed by atoms with van der Waals surface area (Å²) in [5.41, 5.74) is 0.814. The van der Waals surface area contributed by atoms with Crippen molar-refractivity contribution in [3.8, 4) is 11.4 Å². The van der Waals surface area contributed by atoms with Crippen molar-refractivity contribution in [2.75, 3.05) is 18.0 Å². The van der Waals surface area contributed by atoms with Gasteiger partial charge in [0, 0.05) is 11.6 Å². The van der Waals surface area contributed by atoms with E-state index in [1.165, 1.54) is 0 Å². The third kappa shape index (κ3) is 3.00. The number of halogens is 1. The maximum absolute atomic E-state index is 11.4. The molecule has 0 saturated carbocycles. The van der Waals surface area contributed by atoms with E-state index in [1.54, 1.807) is 11.0 Å². The van der Waals surface area contributed by atoms with Gasteiger partial charge < -0.3 is 4.90 Å². The fourth-order valence-corrected chi connectivity index (χ4v) is 2.26. The molecule has 1 aromatic carbocycles. The van der Waals surface area contributed by atoms with Crippen LogP contribution in [-0.2, 0) is 9.59 Å². The minimum absolute atomic E-state index is 0.0628. The topological polar surface area (TPSA) is 75.2 Å². The molecule has 1 fully saturated rings. The molecule has 0 bridgehead atoms. The lowest BCUT2D eigenvalue weighted by Gasteiger charge is -2.26. The number of imide groups is 1. The van der Waals surface area contributed by atoms with Crippen LogP contribution >= 0.6 is 11.6 Å². The molecule has 1 aliphatic rings. The van der Waals surface area contributed by atoms with Gasteiger partial charge in [-0.2, -0.15) is 0 Å². The summed E-state index contributed by atoms with van der Waals surface area (Å²) >= 11 is 6.03. The van der Waals surface area contributed by atoms with Crippen LogP contribution in [0, 0.1) is 0 Å². The summed E-state index contributed by atoms with van der Waals surface area (Å²) in [4.78, 5) is 33.0. The van der Waals surface area contributed by atoms with Crippen molar-refractivity contribution in [1.29, 1.82) is 0 Å². The van der Waals surface area contributed by atoms with E-state index in [2.05, 4.69) is 15.3 Å². The van der Waals surface area contributed by atoms with Gasteiger partial charge in [-0.05, 0) is 0 Å². The summed E-state index contributed by atoms with van der Waals surface area (Å²) in [7, 11) is 0. The van der Waals surface area contributed by atoms with Gasteiger partial charge in [0.25, 0.3) is 0 Å². The largest absolute Gasteiger partial charge is 0.338 e. The first-order valence-electron chi connectivity index (χ1n) is 6.29. The fourth-order valence-electron chi connectivity index (χ4n) is 2.08. The van der Waals surface area contributed by atoms with Gasteiger partial charge in [0.15, 0.2) is 5.82 Å². The van der Waals surface area contributed by atoms with Crippen LogP contribution in [0.1, 0.15) is 0 Å². The molecule has 1 aliphatic heterocycles. The van der Waals surface area contributed by atoms with E-state index in [9.17, 15) is 9.59 Å². The molecule has 2 heterocycles. The van der Waals surface area contributed by atoms with Gasteiger partial charge in [-0.15, -0.1) is 0 Å². The number of nitrogens with one attached hydrogen (secondary N) is 1. The zero-order valence-corrected chi connectivity index (χ0v) is 11.7. The zero-order valence-electron chi connectivity index (χ0n) is 10.9. The monoisotopic (exact) mass is 302 g/mol. The Kier molecular flexibility index (Phi) is 3.53. The number of carbonyl (C=O) groups excluding carboxylic acids is 2. The molecule has 1 saturated heterocycles. The third-order valence-electron chi connectivity index (χ3n) is 2.99. The number of piperazine rings is 1. The number of hydrogen-bond acceptors (Lipinski definition) is 5. The SMILES string of the molecule is O=C1CN(c2cc(Cl)nc(-c3ccccc3)n2)CC(=O)N1. The molecular weight excluding hydrogens is 292 g/mol. The Morgan fingerprint density at radius 1 is 1.05 bits per heavy atom. The normalized spacial score (nSPS) is 15.0. The van der Waals surface area contributed by atoms with E-state index < -0.39 is 0 Å². The van der Waals surface area contributed by atoms with Gasteiger partial charge in [-0.1, -0.05) is 41.9 Å². The van der Waals surface area contributed by atoms with Crippen LogP contribution in [0.2, 0.25) is 5.15 Å². The molecule has 1 N–H and O–H groups in total. The lowest BCUT2D eigenvalue weighted by atomic mass is 10.2. The van der Waals surface area contributed by atoms with Crippen molar-refractivity contribution >= 4 is 29.2 Å². The first-order valence-corrected chi connectivity index (χ1v) is 6.67. The first-order chi connectivity index (χ1) is 10.1. The number of rotatable bonds is 2. The number of carbonyl (C=O) groups is 2. The highest BCUT2D eigenvalue weighted by atomic mass is 35.5. The molecule has 7 heteroatoms. The predicted octanol–water partition coefficient (Wildman–Crippen LogP) is 1.26. The first kappa shape index (κ1) is 13.5. The second kappa shape index (κ2) is 5.49. The Morgan fingerprint density at radius 3 is 2.38 bits per heavy atom. The maximum Gasteiger partial charge on any atom is 0.246 e. The molecule has 0 spiro atoms. The van der Waals surface area contributed by atoms with Crippen molar-refractivity contribution in [3.05, 3.63) is 41.6 Å². The number of benzene rings is 1. The van der Waals surface area contributed by atoms with Gasteiger partial charge >= 0.3 is 0 Å². The van der Waals surface area contributed by atoms with Gasteiger partial charge in [0.2, 0.25) is 11.8 Å². The molecule has 0 atom stereocenters. The van der Waals surface area contributed by atoms with Gasteiger partial charge in [-0.25, -0.2) is 9.97 Å². The average molecular weight is 303 g/mol. The lowest BCUT2D eigenvalue weighted by Crippen LogP contribution is -2.51. The summed E-state index contributed by atoms with van der Waals surface area (Å²) in [6.07, 6.45) is 0. The molecule has 2 aromatic rings. The smallest absolute Gasteiger partial charge is 0.246 e. The van der Waals surface area contributed by atoms with E-state index in [0.717, 1.165) is 5.56 Å². The van der Waals surface area contributed by atoms with Gasteiger partial charge in [-0.3, -0.25) is 14.9 Å². The highest BCUT2D eigenvalue weighted by Gasteiger charge is 2.24. The Bertz CT molecular complexity index is 689. The maximum atomic E-state index is 11.4. The molecule has 21 heavy (non-hydrogen) atoms. The minimum atomic E-state index is -0.359. The van der Waals surface area contributed by atoms with E-state index in [1.807, 2.05) is 30.3 Å². The summed E-state index contributed by atoms with van der Waals surface area (Å²) in [6.45, 7) is 0.126. The Hall–Kier alpha value is -2.47. The molecule has 106 valence electrons. The molecule has 2 amide bonds. The number of hydrogen-bond donors (Lipinski definition) is 1. The summed E-state index contributed by atoms with van der Waals surface area (Å²) in [6, 6.07) is 10.9. The Morgan fingerprint density at radius 2 is 1.71 bits per heavy atom. The fraction of sp³-hybridized carbons (Fsp3) is 0.143. The number of nitrogens with zero attached hydrogens (tertiary/aromatic N) is 3. The van der Waals surface area contributed by atoms with Crippen LogP contribution in [0.4, 0.5) is 5.82 Å². The molecule has 6 nitrogen and oxygen atoms in total. The van der Waals surface area contributed by atoms with Crippen LogP contribution in [-0.4, -0.2) is 34.9 Å². The van der Waals surface area contributed by atoms with Crippen LogP contribution in [0.3, 0.4) is 0 Å². The molecular formula is C14H11ClN4O2. The molecule has 3 rings (SSSR count). The second-order valence-corrected chi connectivity index (χ2v) is 4.95. The molecule has 1 aromatic heterocycles. The standard InChI is InChI=1S/C14H11ClN4O2/c15-10-6-11(19-7-12(20)18-13(21)8-19)17-14(16-10)9-4-2-1-3-5-9/h1-6H,7-8H2,(H,18,20,21). The summed E-state index contributed by atoms with van der Waals surface area (Å²) < 4.78 is 0. The Labute approximate surface area is 125 Å². The van der Waals surface area contributed by atoms with Crippen molar-refractivity contribution in [3.63, 3.8) is 0 Å². The van der Waals surface area contributed by atoms with E-state index >= 15 is 0 Å². The molecule has 0 unspecified atom stereocenters. The third-order valence-corrected chi connectivity index (χ3v) is 3.18. The minimum Gasteiger partial charge on any atom is -0.338 e. The average Bonchev–Trinajstić information content (AvgIpc) is 2.46. The highest BCUT2D eigenvalue weighted by molar-refractivity contribution is 6.29. The molecule has 0 aliphatic carbocycles. The summed E-state index contributed by atoms with van der Waals surface area (Å²) in [5, 5.41) is 2.51. The van der Waals surface area contributed by atoms with Crippen LogP contribution < -0.4 is 10.2 Å². The number of aromatic nitrogens is 2. The van der Waals surface area contributed by atoms with Crippen molar-refractivity contribution in [2.45, 2.75) is 0 Å². The zero-order chi connectivity index (χ0) is 14.8. The van der Waals surface area contributed by atoms with Gasteiger partial charge in [0.05, 0.1) is 13.1 Å². The van der Waals surface area contributed by atoms with Crippen molar-refractivity contribution < 1.29 is 9.59 Å². The number of amides is 2. The quantitative estimate of drug-likeness (QED) is 0.668. The predicted molar refractivity (Wildman–Crippen MR) is 77.8 cm³/mol. The van der Waals surface area contributed by atoms with E-state index in [4.69, 9.17) is 11.6 Å². The van der Waals surface area contributed by atoms with Crippen LogP contribution in [0.25, 0.3) is 11.4 Å². The highest BCUT2D eigenvalue weighted by Crippen LogP contribution is 2.22. The van der Waals surface area contributed by atoms with E-state index in [-0.39, 0.29) is 30.1 Å².